The monoisotopic (exact) mass is 173 g/mol. The summed E-state index contributed by atoms with van der Waals surface area (Å²) in [6.45, 7) is 0. The fourth-order valence-corrected chi connectivity index (χ4v) is 1.06. The number of carbonyl (C=O) groups excluding carboxylic acids is 1. The molecule has 0 fully saturated rings. The lowest BCUT2D eigenvalue weighted by Crippen LogP contribution is -1.77. The maximum Gasteiger partial charge on any atom is 0.153 e. The Morgan fingerprint density at radius 2 is 2.31 bits per heavy atom. The Balaban J connectivity index is 2.41. The van der Waals surface area contributed by atoms with Crippen molar-refractivity contribution in [3.63, 3.8) is 0 Å². The van der Waals surface area contributed by atoms with E-state index in [9.17, 15) is 4.79 Å². The van der Waals surface area contributed by atoms with Gasteiger partial charge in [-0.3, -0.25) is 9.78 Å². The second kappa shape index (κ2) is 3.23. The molecule has 0 saturated carbocycles. The van der Waals surface area contributed by atoms with Gasteiger partial charge in [-0.2, -0.15) is 0 Å². The molecule has 2 aromatic rings. The smallest absolute Gasteiger partial charge is 0.153 e. The Bertz CT molecular complexity index is 406. The van der Waals surface area contributed by atoms with Gasteiger partial charge in [-0.05, 0) is 18.2 Å². The topological polar surface area (TPSA) is 43.1 Å². The summed E-state index contributed by atoms with van der Waals surface area (Å²) in [5, 5.41) is 0. The van der Waals surface area contributed by atoms with Crippen molar-refractivity contribution >= 4 is 6.29 Å². The molecule has 0 unspecified atom stereocenters. The lowest BCUT2D eigenvalue weighted by Gasteiger charge is -1.91. The van der Waals surface area contributed by atoms with E-state index in [1.54, 1.807) is 12.3 Å². The van der Waals surface area contributed by atoms with Gasteiger partial charge in [-0.25, -0.2) is 0 Å². The van der Waals surface area contributed by atoms with Crippen LogP contribution in [0.5, 0.6) is 0 Å². The molecule has 0 aliphatic heterocycles. The molecule has 0 aromatic carbocycles. The fraction of sp³-hybridized carbons (Fsp3) is 0. The zero-order valence-corrected chi connectivity index (χ0v) is 6.81. The summed E-state index contributed by atoms with van der Waals surface area (Å²) in [5.74, 6) is 0.614. The molecule has 13 heavy (non-hydrogen) atoms. The number of furan rings is 1. The molecule has 0 aliphatic rings. The van der Waals surface area contributed by atoms with Gasteiger partial charge in [0.15, 0.2) is 12.0 Å². The van der Waals surface area contributed by atoms with Crippen molar-refractivity contribution < 1.29 is 9.21 Å². The van der Waals surface area contributed by atoms with Crippen LogP contribution in [0.25, 0.3) is 11.5 Å². The number of aromatic nitrogens is 1. The first kappa shape index (κ1) is 7.73. The molecule has 2 aromatic heterocycles. The van der Waals surface area contributed by atoms with Crippen LogP contribution in [-0.2, 0) is 0 Å². The van der Waals surface area contributed by atoms with Crippen LogP contribution in [0.2, 0.25) is 0 Å². The van der Waals surface area contributed by atoms with Gasteiger partial charge in [-0.1, -0.05) is 6.07 Å². The summed E-state index contributed by atoms with van der Waals surface area (Å²) in [5.41, 5.74) is 1.26. The molecule has 0 bridgehead atoms. The summed E-state index contributed by atoms with van der Waals surface area (Å²) in [7, 11) is 0. The zero-order valence-electron chi connectivity index (χ0n) is 6.81. The van der Waals surface area contributed by atoms with Crippen LogP contribution >= 0.6 is 0 Å². The minimum absolute atomic E-state index is 0.528. The molecule has 3 heteroatoms. The number of rotatable bonds is 2. The highest BCUT2D eigenvalue weighted by Gasteiger charge is 2.03. The highest BCUT2D eigenvalue weighted by Crippen LogP contribution is 2.18. The van der Waals surface area contributed by atoms with Crippen molar-refractivity contribution in [1.29, 1.82) is 0 Å². The van der Waals surface area contributed by atoms with E-state index in [1.165, 1.54) is 6.26 Å². The molecule has 0 spiro atoms. The Morgan fingerprint density at radius 3 is 2.92 bits per heavy atom. The molecule has 0 amide bonds. The normalized spacial score (nSPS) is 9.85. The van der Waals surface area contributed by atoms with E-state index in [4.69, 9.17) is 4.42 Å². The van der Waals surface area contributed by atoms with Crippen LogP contribution in [0.1, 0.15) is 10.4 Å². The molecule has 2 heterocycles. The Morgan fingerprint density at radius 1 is 1.38 bits per heavy atom. The minimum atomic E-state index is 0.528. The molecule has 0 saturated heterocycles. The predicted molar refractivity (Wildman–Crippen MR) is 47.3 cm³/mol. The second-order valence-corrected chi connectivity index (χ2v) is 2.58. The van der Waals surface area contributed by atoms with Crippen molar-refractivity contribution in [2.45, 2.75) is 0 Å². The quantitative estimate of drug-likeness (QED) is 0.653. The van der Waals surface area contributed by atoms with E-state index < -0.39 is 0 Å². The second-order valence-electron chi connectivity index (χ2n) is 2.58. The number of carbonyl (C=O) groups is 1. The van der Waals surface area contributed by atoms with Gasteiger partial charge in [0, 0.05) is 6.20 Å². The Hall–Kier alpha value is -1.90. The van der Waals surface area contributed by atoms with Crippen LogP contribution in [-0.4, -0.2) is 11.3 Å². The first-order valence-corrected chi connectivity index (χ1v) is 3.85. The van der Waals surface area contributed by atoms with Gasteiger partial charge in [0.2, 0.25) is 0 Å². The maximum atomic E-state index is 10.4. The van der Waals surface area contributed by atoms with Crippen LogP contribution in [0, 0.1) is 0 Å². The Labute approximate surface area is 75.0 Å². The van der Waals surface area contributed by atoms with E-state index in [-0.39, 0.29) is 0 Å². The summed E-state index contributed by atoms with van der Waals surface area (Å²) >= 11 is 0. The average Bonchev–Trinajstić information content (AvgIpc) is 2.67. The van der Waals surface area contributed by atoms with Gasteiger partial charge >= 0.3 is 0 Å². The summed E-state index contributed by atoms with van der Waals surface area (Å²) in [4.78, 5) is 14.5. The number of nitrogens with zero attached hydrogens (tertiary/aromatic N) is 1. The van der Waals surface area contributed by atoms with E-state index in [1.807, 2.05) is 18.2 Å². The molecule has 64 valence electrons. The van der Waals surface area contributed by atoms with Gasteiger partial charge in [0.1, 0.15) is 12.0 Å². The van der Waals surface area contributed by atoms with Crippen molar-refractivity contribution in [2.75, 3.05) is 0 Å². The standard InChI is InChI=1S/C10H7NO2/c12-6-8-5-10(13-7-8)9-3-1-2-4-11-9/h1-7H. The third kappa shape index (κ3) is 1.49. The lowest BCUT2D eigenvalue weighted by molar-refractivity contribution is 0.112. The van der Waals surface area contributed by atoms with E-state index in [2.05, 4.69) is 4.98 Å². The summed E-state index contributed by atoms with van der Waals surface area (Å²) in [6.07, 6.45) is 3.84. The molecule has 3 nitrogen and oxygen atoms in total. The fourth-order valence-electron chi connectivity index (χ4n) is 1.06. The van der Waals surface area contributed by atoms with Gasteiger partial charge in [-0.15, -0.1) is 0 Å². The summed E-state index contributed by atoms with van der Waals surface area (Å²) in [6, 6.07) is 7.18. The van der Waals surface area contributed by atoms with Gasteiger partial charge < -0.3 is 4.42 Å². The number of hydrogen-bond acceptors (Lipinski definition) is 3. The van der Waals surface area contributed by atoms with Crippen LogP contribution < -0.4 is 0 Å². The summed E-state index contributed by atoms with van der Waals surface area (Å²) < 4.78 is 5.15. The average molecular weight is 173 g/mol. The van der Waals surface area contributed by atoms with Crippen molar-refractivity contribution in [3.05, 3.63) is 42.3 Å². The van der Waals surface area contributed by atoms with Crippen LogP contribution in [0.3, 0.4) is 0 Å². The molecule has 2 rings (SSSR count). The van der Waals surface area contributed by atoms with Gasteiger partial charge in [0.05, 0.1) is 5.56 Å². The number of hydrogen-bond donors (Lipinski definition) is 0. The first-order valence-electron chi connectivity index (χ1n) is 3.85. The largest absolute Gasteiger partial charge is 0.462 e. The molecular formula is C10H7NO2. The number of aldehydes is 1. The van der Waals surface area contributed by atoms with Crippen molar-refractivity contribution in [2.24, 2.45) is 0 Å². The van der Waals surface area contributed by atoms with Crippen LogP contribution in [0.4, 0.5) is 0 Å². The molecule has 0 aliphatic carbocycles. The third-order valence-corrected chi connectivity index (χ3v) is 1.67. The number of pyridine rings is 1. The van der Waals surface area contributed by atoms with E-state index in [0.717, 1.165) is 12.0 Å². The molecular weight excluding hydrogens is 166 g/mol. The van der Waals surface area contributed by atoms with E-state index in [0.29, 0.717) is 11.3 Å². The third-order valence-electron chi connectivity index (χ3n) is 1.67. The predicted octanol–water partition coefficient (Wildman–Crippen LogP) is 2.15. The SMILES string of the molecule is O=Cc1coc(-c2ccccn2)c1. The molecule has 0 N–H and O–H groups in total. The lowest BCUT2D eigenvalue weighted by atomic mass is 10.2. The minimum Gasteiger partial charge on any atom is -0.462 e. The van der Waals surface area contributed by atoms with Crippen molar-refractivity contribution in [1.82, 2.24) is 4.98 Å². The molecule has 0 atom stereocenters. The van der Waals surface area contributed by atoms with Gasteiger partial charge in [0.25, 0.3) is 0 Å². The maximum absolute atomic E-state index is 10.4. The molecule has 0 radical (unpaired) electrons. The van der Waals surface area contributed by atoms with Crippen LogP contribution in [0.15, 0.2) is 41.1 Å². The highest BCUT2D eigenvalue weighted by molar-refractivity contribution is 5.76. The highest BCUT2D eigenvalue weighted by atomic mass is 16.3. The Kier molecular flexibility index (Phi) is 1.92. The zero-order chi connectivity index (χ0) is 9.10. The van der Waals surface area contributed by atoms with E-state index >= 15 is 0 Å². The first-order chi connectivity index (χ1) is 6.40. The van der Waals surface area contributed by atoms with Crippen molar-refractivity contribution in [3.8, 4) is 11.5 Å².